The van der Waals surface area contributed by atoms with Crippen molar-refractivity contribution in [2.45, 2.75) is 33.3 Å². The third kappa shape index (κ3) is 9.70. The monoisotopic (exact) mass is 205 g/mol. The van der Waals surface area contributed by atoms with Crippen molar-refractivity contribution in [1.29, 1.82) is 0 Å². The molecule has 0 atom stereocenters. The van der Waals surface area contributed by atoms with Gasteiger partial charge in [-0.05, 0) is 32.7 Å². The summed E-state index contributed by atoms with van der Waals surface area (Å²) in [5.74, 6) is 1.55. The second-order valence-electron chi connectivity index (χ2n) is 3.61. The zero-order valence-electron chi connectivity index (χ0n) is 9.09. The minimum Gasteiger partial charge on any atom is -0.484 e. The Bertz CT molecular complexity index is 163. The van der Waals surface area contributed by atoms with Gasteiger partial charge >= 0.3 is 0 Å². The van der Waals surface area contributed by atoms with Crippen molar-refractivity contribution in [2.24, 2.45) is 4.40 Å². The van der Waals surface area contributed by atoms with E-state index in [-0.39, 0.29) is 5.60 Å². The van der Waals surface area contributed by atoms with Crippen LogP contribution in [0, 0.1) is 0 Å². The van der Waals surface area contributed by atoms with Gasteiger partial charge in [-0.1, -0.05) is 0 Å². The van der Waals surface area contributed by atoms with Gasteiger partial charge in [-0.3, -0.25) is 0 Å². The van der Waals surface area contributed by atoms with Gasteiger partial charge in [-0.15, -0.1) is 0 Å². The number of methoxy groups -OCH3 is 1. The first-order valence-electron chi connectivity index (χ1n) is 4.30. The Morgan fingerprint density at radius 1 is 1.38 bits per heavy atom. The van der Waals surface area contributed by atoms with Crippen LogP contribution in [0.4, 0.5) is 0 Å². The average molecular weight is 205 g/mol. The Hall–Kier alpha value is -0.220. The third-order valence-electron chi connectivity index (χ3n) is 1.20. The van der Waals surface area contributed by atoms with Crippen LogP contribution in [0.5, 0.6) is 0 Å². The van der Waals surface area contributed by atoms with Crippen molar-refractivity contribution in [3.8, 4) is 0 Å². The molecular weight excluding hydrogens is 186 g/mol. The predicted octanol–water partition coefficient (Wildman–Crippen LogP) is 2.51. The second-order valence-corrected chi connectivity index (χ2v) is 4.46. The lowest BCUT2D eigenvalue weighted by Crippen LogP contribution is -2.20. The summed E-state index contributed by atoms with van der Waals surface area (Å²) in [6, 6.07) is 0. The van der Waals surface area contributed by atoms with Crippen LogP contribution >= 0.6 is 11.9 Å². The summed E-state index contributed by atoms with van der Waals surface area (Å²) in [6.07, 6.45) is 0. The van der Waals surface area contributed by atoms with Gasteiger partial charge in [0.15, 0.2) is 5.90 Å². The van der Waals surface area contributed by atoms with Gasteiger partial charge in [0, 0.05) is 12.7 Å². The zero-order chi connectivity index (χ0) is 10.3. The molecule has 13 heavy (non-hydrogen) atoms. The molecule has 0 fully saturated rings. The molecule has 3 nitrogen and oxygen atoms in total. The quantitative estimate of drug-likeness (QED) is 0.306. The van der Waals surface area contributed by atoms with Crippen molar-refractivity contribution in [2.75, 3.05) is 19.5 Å². The molecule has 0 radical (unpaired) electrons. The van der Waals surface area contributed by atoms with E-state index in [1.54, 1.807) is 7.11 Å². The van der Waals surface area contributed by atoms with E-state index in [9.17, 15) is 0 Å². The summed E-state index contributed by atoms with van der Waals surface area (Å²) in [6.45, 7) is 8.68. The molecule has 0 aliphatic carbocycles. The molecule has 0 aliphatic heterocycles. The fourth-order valence-corrected chi connectivity index (χ4v) is 1.06. The fraction of sp³-hybridized carbons (Fsp3) is 0.889. The molecule has 0 aromatic carbocycles. The predicted molar refractivity (Wildman–Crippen MR) is 58.3 cm³/mol. The highest BCUT2D eigenvalue weighted by Crippen LogP contribution is 2.09. The van der Waals surface area contributed by atoms with E-state index in [1.807, 2.05) is 27.7 Å². The summed E-state index contributed by atoms with van der Waals surface area (Å²) < 4.78 is 14.5. The molecule has 0 spiro atoms. The van der Waals surface area contributed by atoms with Crippen molar-refractivity contribution in [3.05, 3.63) is 0 Å². The van der Waals surface area contributed by atoms with E-state index < -0.39 is 0 Å². The van der Waals surface area contributed by atoms with Crippen LogP contribution in [-0.2, 0) is 9.47 Å². The fourth-order valence-electron chi connectivity index (χ4n) is 0.559. The Morgan fingerprint density at radius 3 is 2.46 bits per heavy atom. The second kappa shape index (κ2) is 6.27. The largest absolute Gasteiger partial charge is 0.484 e. The van der Waals surface area contributed by atoms with Crippen LogP contribution in [0.15, 0.2) is 4.40 Å². The smallest absolute Gasteiger partial charge is 0.191 e. The number of hydrogen-bond acceptors (Lipinski definition) is 4. The minimum absolute atomic E-state index is 0.0550. The van der Waals surface area contributed by atoms with E-state index >= 15 is 0 Å². The number of ether oxygens (including phenoxy) is 2. The molecule has 0 saturated heterocycles. The average Bonchev–Trinajstić information content (AvgIpc) is 2.01. The van der Waals surface area contributed by atoms with E-state index in [1.165, 1.54) is 11.9 Å². The van der Waals surface area contributed by atoms with Crippen molar-refractivity contribution in [1.82, 2.24) is 0 Å². The van der Waals surface area contributed by atoms with E-state index in [2.05, 4.69) is 4.40 Å². The molecule has 0 amide bonds. The summed E-state index contributed by atoms with van der Waals surface area (Å²) >= 11 is 1.46. The first-order valence-corrected chi connectivity index (χ1v) is 5.24. The maximum Gasteiger partial charge on any atom is 0.191 e. The number of rotatable bonds is 4. The lowest BCUT2D eigenvalue weighted by Gasteiger charge is -2.18. The minimum atomic E-state index is -0.0550. The third-order valence-corrected chi connectivity index (χ3v) is 1.93. The van der Waals surface area contributed by atoms with Crippen LogP contribution in [0.25, 0.3) is 0 Å². The molecule has 0 rings (SSSR count). The molecule has 0 unspecified atom stereocenters. The highest BCUT2D eigenvalue weighted by molar-refractivity contribution is 7.98. The molecule has 0 heterocycles. The number of hydrogen-bond donors (Lipinski definition) is 0. The molecule has 0 aliphatic rings. The van der Waals surface area contributed by atoms with Gasteiger partial charge in [-0.2, -0.15) is 4.40 Å². The first-order chi connectivity index (χ1) is 5.95. The van der Waals surface area contributed by atoms with Gasteiger partial charge in [0.1, 0.15) is 0 Å². The number of nitrogens with zero attached hydrogens (tertiary/aromatic N) is 1. The van der Waals surface area contributed by atoms with E-state index in [0.29, 0.717) is 12.5 Å². The van der Waals surface area contributed by atoms with Gasteiger partial charge in [0.25, 0.3) is 0 Å². The Labute approximate surface area is 85.0 Å². The van der Waals surface area contributed by atoms with Gasteiger partial charge < -0.3 is 9.47 Å². The highest BCUT2D eigenvalue weighted by Gasteiger charge is 2.08. The first kappa shape index (κ1) is 12.8. The van der Waals surface area contributed by atoms with Gasteiger partial charge in [0.2, 0.25) is 0 Å². The summed E-state index contributed by atoms with van der Waals surface area (Å²) in [5, 5.41) is 0. The van der Waals surface area contributed by atoms with Gasteiger partial charge in [-0.25, -0.2) is 0 Å². The lowest BCUT2D eigenvalue weighted by molar-refractivity contribution is 0.00695. The van der Waals surface area contributed by atoms with Gasteiger partial charge in [0.05, 0.1) is 19.3 Å². The maximum atomic E-state index is 5.51. The molecule has 4 heteroatoms. The van der Waals surface area contributed by atoms with E-state index in [0.717, 1.165) is 5.75 Å². The van der Waals surface area contributed by atoms with Crippen molar-refractivity contribution < 1.29 is 9.47 Å². The zero-order valence-corrected chi connectivity index (χ0v) is 9.90. The molecule has 0 saturated carbocycles. The SMILES string of the molecule is CO/C(C)=N/SCCOC(C)(C)C. The van der Waals surface area contributed by atoms with Crippen LogP contribution in [-0.4, -0.2) is 31.0 Å². The highest BCUT2D eigenvalue weighted by atomic mass is 32.2. The summed E-state index contributed by atoms with van der Waals surface area (Å²) in [7, 11) is 1.62. The Balaban J connectivity index is 3.37. The van der Waals surface area contributed by atoms with E-state index in [4.69, 9.17) is 9.47 Å². The molecule has 0 aromatic heterocycles. The topological polar surface area (TPSA) is 30.8 Å². The van der Waals surface area contributed by atoms with Crippen LogP contribution in [0.1, 0.15) is 27.7 Å². The van der Waals surface area contributed by atoms with Crippen molar-refractivity contribution in [3.63, 3.8) is 0 Å². The summed E-state index contributed by atoms with van der Waals surface area (Å²) in [4.78, 5) is 0. The van der Waals surface area contributed by atoms with Crippen LogP contribution in [0.3, 0.4) is 0 Å². The Morgan fingerprint density at radius 2 is 2.00 bits per heavy atom. The van der Waals surface area contributed by atoms with Crippen LogP contribution in [0.2, 0.25) is 0 Å². The molecular formula is C9H19NO2S. The summed E-state index contributed by atoms with van der Waals surface area (Å²) in [5.41, 5.74) is -0.0550. The molecule has 78 valence electrons. The molecule has 0 bridgehead atoms. The van der Waals surface area contributed by atoms with Crippen molar-refractivity contribution >= 4 is 17.8 Å². The standard InChI is InChI=1S/C9H19NO2S/c1-8(11-5)10-13-7-6-12-9(2,3)4/h6-7H2,1-5H3/b10-8+. The Kier molecular flexibility index (Phi) is 6.16. The normalized spacial score (nSPS) is 13.2. The lowest BCUT2D eigenvalue weighted by atomic mass is 10.2. The molecule has 0 aromatic rings. The molecule has 0 N–H and O–H groups in total. The maximum absolute atomic E-state index is 5.51. The van der Waals surface area contributed by atoms with Crippen LogP contribution < -0.4 is 0 Å².